The van der Waals surface area contributed by atoms with Crippen LogP contribution in [-0.4, -0.2) is 34.6 Å². The summed E-state index contributed by atoms with van der Waals surface area (Å²) in [6.45, 7) is 0. The predicted octanol–water partition coefficient (Wildman–Crippen LogP) is 6.34. The van der Waals surface area contributed by atoms with Crippen LogP contribution in [0.1, 0.15) is 11.3 Å². The van der Waals surface area contributed by atoms with Crippen molar-refractivity contribution in [3.05, 3.63) is 72.1 Å². The van der Waals surface area contributed by atoms with Gasteiger partial charge >= 0.3 is 24.0 Å². The summed E-state index contributed by atoms with van der Waals surface area (Å²) in [6.07, 6.45) is -10.5. The Morgan fingerprint density at radius 1 is 0.875 bits per heavy atom. The van der Waals surface area contributed by atoms with Crippen molar-refractivity contribution in [2.24, 2.45) is 0 Å². The van der Waals surface area contributed by atoms with Crippen molar-refractivity contribution < 1.29 is 57.5 Å². The quantitative estimate of drug-likeness (QED) is 0.275. The minimum Gasteiger partial charge on any atom is -0.404 e. The number of benzene rings is 2. The monoisotopic (exact) mass is 598 g/mol. The minimum absolute atomic E-state index is 0.153. The van der Waals surface area contributed by atoms with E-state index in [1.807, 2.05) is 5.32 Å². The van der Waals surface area contributed by atoms with Crippen molar-refractivity contribution in [1.82, 2.24) is 14.6 Å². The summed E-state index contributed by atoms with van der Waals surface area (Å²) >= 11 is 0. The molecule has 0 aliphatic carbocycles. The molecule has 4 aromatic rings. The number of nitrogens with zero attached hydrogens (tertiary/aromatic N) is 3. The van der Waals surface area contributed by atoms with Crippen LogP contribution in [0.4, 0.5) is 50.0 Å². The molecule has 0 saturated carbocycles. The summed E-state index contributed by atoms with van der Waals surface area (Å²) in [5, 5.41) is 5.41. The van der Waals surface area contributed by atoms with Gasteiger partial charge in [-0.2, -0.15) is 44.6 Å². The number of sulfone groups is 1. The van der Waals surface area contributed by atoms with E-state index in [4.69, 9.17) is 4.74 Å². The Labute approximate surface area is 216 Å². The topological polar surface area (TPSA) is 103 Å². The van der Waals surface area contributed by atoms with E-state index >= 15 is 0 Å². The SMILES string of the molecule is O=C(Nc1cccc(S(=O)(=O)C(F)(F)F)c1)Oc1cnn2c(C(F)(F)F)cc(-c3ccc(C(F)(F)F)cc3)nc12. The van der Waals surface area contributed by atoms with Crippen LogP contribution in [0.3, 0.4) is 0 Å². The Morgan fingerprint density at radius 2 is 1.52 bits per heavy atom. The van der Waals surface area contributed by atoms with Crippen molar-refractivity contribution in [2.75, 3.05) is 5.32 Å². The number of fused-ring (bicyclic) bond motifs is 1. The van der Waals surface area contributed by atoms with Gasteiger partial charge in [-0.25, -0.2) is 22.7 Å². The highest BCUT2D eigenvalue weighted by Crippen LogP contribution is 2.36. The third-order valence-electron chi connectivity index (χ3n) is 5.14. The van der Waals surface area contributed by atoms with Crippen LogP contribution in [0.15, 0.2) is 65.7 Å². The average molecular weight is 598 g/mol. The molecule has 0 aliphatic rings. The number of amides is 1. The van der Waals surface area contributed by atoms with Crippen molar-refractivity contribution >= 4 is 27.3 Å². The Hall–Kier alpha value is -4.35. The maximum absolute atomic E-state index is 13.7. The van der Waals surface area contributed by atoms with Crippen LogP contribution in [0.2, 0.25) is 0 Å². The van der Waals surface area contributed by atoms with Crippen molar-refractivity contribution in [3.63, 3.8) is 0 Å². The number of ether oxygens (including phenoxy) is 1. The van der Waals surface area contributed by atoms with Gasteiger partial charge < -0.3 is 4.74 Å². The molecular weight excluding hydrogens is 587 g/mol. The van der Waals surface area contributed by atoms with E-state index in [1.165, 1.54) is 0 Å². The molecule has 0 bridgehead atoms. The number of rotatable bonds is 4. The molecule has 0 atom stereocenters. The summed E-state index contributed by atoms with van der Waals surface area (Å²) in [5.41, 5.74) is -9.88. The Balaban J connectivity index is 1.68. The van der Waals surface area contributed by atoms with Crippen molar-refractivity contribution in [3.8, 4) is 17.0 Å². The van der Waals surface area contributed by atoms with Crippen molar-refractivity contribution in [1.29, 1.82) is 0 Å². The second-order valence-corrected chi connectivity index (χ2v) is 9.78. The van der Waals surface area contributed by atoms with Gasteiger partial charge in [0, 0.05) is 11.3 Å². The first-order chi connectivity index (χ1) is 18.4. The predicted molar refractivity (Wildman–Crippen MR) is 118 cm³/mol. The summed E-state index contributed by atoms with van der Waals surface area (Å²) in [5.74, 6) is -0.671. The largest absolute Gasteiger partial charge is 0.501 e. The van der Waals surface area contributed by atoms with Gasteiger partial charge in [-0.3, -0.25) is 5.32 Å². The van der Waals surface area contributed by atoms with E-state index in [9.17, 15) is 52.7 Å². The molecule has 1 amide bonds. The molecule has 0 fully saturated rings. The highest BCUT2D eigenvalue weighted by atomic mass is 32.2. The van der Waals surface area contributed by atoms with Gasteiger partial charge in [-0.05, 0) is 36.4 Å². The lowest BCUT2D eigenvalue weighted by molar-refractivity contribution is -0.142. The molecule has 4 rings (SSSR count). The first kappa shape index (κ1) is 28.7. The van der Waals surface area contributed by atoms with E-state index in [0.717, 1.165) is 24.3 Å². The van der Waals surface area contributed by atoms with Crippen LogP contribution < -0.4 is 10.1 Å². The van der Waals surface area contributed by atoms with E-state index in [1.54, 1.807) is 0 Å². The van der Waals surface area contributed by atoms with E-state index in [2.05, 4.69) is 10.1 Å². The lowest BCUT2D eigenvalue weighted by Gasteiger charge is -2.12. The highest BCUT2D eigenvalue weighted by Gasteiger charge is 2.47. The molecular formula is C22H11F9N4O4S. The Morgan fingerprint density at radius 3 is 2.10 bits per heavy atom. The fourth-order valence-corrected chi connectivity index (χ4v) is 4.12. The van der Waals surface area contributed by atoms with Crippen LogP contribution in [0.5, 0.6) is 5.75 Å². The third kappa shape index (κ3) is 5.65. The normalized spacial score (nSPS) is 12.9. The number of carbonyl (C=O) groups is 1. The molecule has 0 radical (unpaired) electrons. The van der Waals surface area contributed by atoms with Gasteiger partial charge in [-0.15, -0.1) is 0 Å². The van der Waals surface area contributed by atoms with Crippen LogP contribution in [-0.2, 0) is 22.2 Å². The van der Waals surface area contributed by atoms with E-state index < -0.39 is 72.7 Å². The molecule has 40 heavy (non-hydrogen) atoms. The fourth-order valence-electron chi connectivity index (χ4n) is 3.31. The minimum atomic E-state index is -5.76. The van der Waals surface area contributed by atoms with Crippen LogP contribution in [0, 0.1) is 0 Å². The Kier molecular flexibility index (Phi) is 6.94. The zero-order chi connectivity index (χ0) is 29.7. The van der Waals surface area contributed by atoms with Gasteiger partial charge in [0.15, 0.2) is 17.1 Å². The number of anilines is 1. The molecule has 1 N–H and O–H groups in total. The molecule has 18 heteroatoms. The molecule has 0 aliphatic heterocycles. The summed E-state index contributed by atoms with van der Waals surface area (Å²) < 4.78 is 147. The average Bonchev–Trinajstić information content (AvgIpc) is 3.24. The molecule has 2 aromatic heterocycles. The van der Waals surface area contributed by atoms with Gasteiger partial charge in [0.25, 0.3) is 9.84 Å². The maximum Gasteiger partial charge on any atom is 0.501 e. The van der Waals surface area contributed by atoms with Gasteiger partial charge in [0.2, 0.25) is 0 Å². The molecule has 8 nitrogen and oxygen atoms in total. The lowest BCUT2D eigenvalue weighted by Crippen LogP contribution is -2.23. The number of carbonyl (C=O) groups excluding carboxylic acids is 1. The number of hydrogen-bond donors (Lipinski definition) is 1. The standard InChI is InChI=1S/C22H11F9N4O4S/c23-20(24,25)12-6-4-11(5-7-12)15-9-17(21(26,27)28)35-18(34-15)16(10-32-35)39-19(36)33-13-2-1-3-14(8-13)40(37,38)22(29,30)31/h1-10H,(H,33,36). The third-order valence-corrected chi connectivity index (χ3v) is 6.62. The molecule has 2 aromatic carbocycles. The van der Waals surface area contributed by atoms with Crippen LogP contribution in [0.25, 0.3) is 16.9 Å². The number of aromatic nitrogens is 3. The first-order valence-corrected chi connectivity index (χ1v) is 11.9. The van der Waals surface area contributed by atoms with Gasteiger partial charge in [-0.1, -0.05) is 18.2 Å². The smallest absolute Gasteiger partial charge is 0.404 e. The second kappa shape index (κ2) is 9.68. The van der Waals surface area contributed by atoms with E-state index in [0.29, 0.717) is 36.5 Å². The summed E-state index contributed by atoms with van der Waals surface area (Å²) in [4.78, 5) is 15.1. The molecule has 0 saturated heterocycles. The summed E-state index contributed by atoms with van der Waals surface area (Å²) in [7, 11) is -5.76. The molecule has 0 spiro atoms. The van der Waals surface area contributed by atoms with Crippen LogP contribution >= 0.6 is 0 Å². The zero-order valence-electron chi connectivity index (χ0n) is 19.1. The Bertz CT molecular complexity index is 1690. The lowest BCUT2D eigenvalue weighted by atomic mass is 10.1. The zero-order valence-corrected chi connectivity index (χ0v) is 19.9. The first-order valence-electron chi connectivity index (χ1n) is 10.4. The second-order valence-electron chi connectivity index (χ2n) is 7.84. The summed E-state index contributed by atoms with van der Waals surface area (Å²) in [6, 6.07) is 6.52. The molecule has 0 unspecified atom stereocenters. The van der Waals surface area contributed by atoms with Gasteiger partial charge in [0.05, 0.1) is 22.3 Å². The number of halogens is 9. The van der Waals surface area contributed by atoms with Gasteiger partial charge in [0.1, 0.15) is 0 Å². The number of hydrogen-bond acceptors (Lipinski definition) is 6. The highest BCUT2D eigenvalue weighted by molar-refractivity contribution is 7.92. The fraction of sp³-hybridized carbons (Fsp3) is 0.136. The maximum atomic E-state index is 13.7. The molecule has 212 valence electrons. The number of alkyl halides is 9. The number of nitrogens with one attached hydrogen (secondary N) is 1. The molecule has 2 heterocycles. The van der Waals surface area contributed by atoms with Crippen molar-refractivity contribution in [2.45, 2.75) is 22.8 Å². The van der Waals surface area contributed by atoms with E-state index in [-0.39, 0.29) is 10.1 Å².